The summed E-state index contributed by atoms with van der Waals surface area (Å²) >= 11 is 0. The van der Waals surface area contributed by atoms with Gasteiger partial charge in [-0.2, -0.15) is 0 Å². The van der Waals surface area contributed by atoms with Crippen molar-refractivity contribution in [2.24, 2.45) is 0 Å². The first kappa shape index (κ1) is 14.1. The zero-order chi connectivity index (χ0) is 14.5. The van der Waals surface area contributed by atoms with Crippen LogP contribution in [0.25, 0.3) is 0 Å². The molecule has 104 valence electrons. The molecule has 0 saturated heterocycles. The predicted molar refractivity (Wildman–Crippen MR) is 79.1 cm³/mol. The molecule has 0 amide bonds. The van der Waals surface area contributed by atoms with E-state index in [2.05, 4.69) is 29.4 Å². The van der Waals surface area contributed by atoms with Crippen LogP contribution in [0.1, 0.15) is 34.1 Å². The van der Waals surface area contributed by atoms with Crippen LogP contribution in [-0.2, 0) is 13.0 Å². The maximum absolute atomic E-state index is 11.1. The number of rotatable bonds is 5. The highest BCUT2D eigenvalue weighted by Gasteiger charge is 2.11. The Hall–Kier alpha value is -2.36. The van der Waals surface area contributed by atoms with Crippen molar-refractivity contribution >= 4 is 11.8 Å². The third-order valence-electron chi connectivity index (χ3n) is 3.16. The summed E-state index contributed by atoms with van der Waals surface area (Å²) in [5.41, 5.74) is 3.37. The summed E-state index contributed by atoms with van der Waals surface area (Å²) in [4.78, 5) is 15.4. The van der Waals surface area contributed by atoms with Gasteiger partial charge in [-0.15, -0.1) is 0 Å². The molecular weight excluding hydrogens is 252 g/mol. The Bertz CT molecular complexity index is 606. The van der Waals surface area contributed by atoms with Crippen LogP contribution in [0.15, 0.2) is 36.4 Å². The molecule has 20 heavy (non-hydrogen) atoms. The SMILES string of the molecule is CCc1ccc(CNc2nc(C)ccc2C(=O)O)cc1. The Balaban J connectivity index is 2.13. The summed E-state index contributed by atoms with van der Waals surface area (Å²) in [6.07, 6.45) is 1.01. The number of benzene rings is 1. The first-order valence-electron chi connectivity index (χ1n) is 6.62. The molecule has 0 fully saturated rings. The summed E-state index contributed by atoms with van der Waals surface area (Å²) in [7, 11) is 0. The average molecular weight is 270 g/mol. The molecular formula is C16H18N2O2. The number of aryl methyl sites for hydroxylation is 2. The highest BCUT2D eigenvalue weighted by molar-refractivity contribution is 5.93. The van der Waals surface area contributed by atoms with Crippen LogP contribution in [0.2, 0.25) is 0 Å². The second-order valence-electron chi connectivity index (χ2n) is 4.68. The Labute approximate surface area is 118 Å². The zero-order valence-corrected chi connectivity index (χ0v) is 11.7. The fourth-order valence-corrected chi connectivity index (χ4v) is 1.94. The number of hydrogen-bond acceptors (Lipinski definition) is 3. The molecule has 1 aromatic heterocycles. The molecule has 1 heterocycles. The third-order valence-corrected chi connectivity index (χ3v) is 3.16. The number of aromatic carboxylic acids is 1. The van der Waals surface area contributed by atoms with E-state index in [1.165, 1.54) is 5.56 Å². The van der Waals surface area contributed by atoms with Crippen LogP contribution < -0.4 is 5.32 Å². The Morgan fingerprint density at radius 3 is 2.40 bits per heavy atom. The fraction of sp³-hybridized carbons (Fsp3) is 0.250. The Morgan fingerprint density at radius 1 is 1.15 bits per heavy atom. The molecule has 0 aliphatic rings. The number of nitrogens with zero attached hydrogens (tertiary/aromatic N) is 1. The molecule has 2 rings (SSSR count). The summed E-state index contributed by atoms with van der Waals surface area (Å²) in [6, 6.07) is 11.5. The van der Waals surface area contributed by atoms with Crippen molar-refractivity contribution in [1.29, 1.82) is 0 Å². The first-order chi connectivity index (χ1) is 9.60. The van der Waals surface area contributed by atoms with Crippen LogP contribution in [-0.4, -0.2) is 16.1 Å². The predicted octanol–water partition coefficient (Wildman–Crippen LogP) is 3.26. The fourth-order valence-electron chi connectivity index (χ4n) is 1.94. The summed E-state index contributed by atoms with van der Waals surface area (Å²) in [6.45, 7) is 4.51. The van der Waals surface area contributed by atoms with Gasteiger partial charge in [0.15, 0.2) is 0 Å². The van der Waals surface area contributed by atoms with Gasteiger partial charge in [-0.1, -0.05) is 31.2 Å². The van der Waals surface area contributed by atoms with Crippen LogP contribution in [0, 0.1) is 6.92 Å². The van der Waals surface area contributed by atoms with E-state index in [0.717, 1.165) is 17.7 Å². The van der Waals surface area contributed by atoms with Gasteiger partial charge in [0.25, 0.3) is 0 Å². The van der Waals surface area contributed by atoms with E-state index in [-0.39, 0.29) is 5.56 Å². The number of carboxylic acids is 1. The van der Waals surface area contributed by atoms with Crippen LogP contribution in [0.4, 0.5) is 5.82 Å². The summed E-state index contributed by atoms with van der Waals surface area (Å²) < 4.78 is 0. The molecule has 0 spiro atoms. The van der Waals surface area contributed by atoms with Crippen molar-refractivity contribution in [3.8, 4) is 0 Å². The number of aromatic nitrogens is 1. The number of pyridine rings is 1. The van der Waals surface area contributed by atoms with E-state index < -0.39 is 5.97 Å². The van der Waals surface area contributed by atoms with Gasteiger partial charge in [-0.25, -0.2) is 9.78 Å². The smallest absolute Gasteiger partial charge is 0.339 e. The van der Waals surface area contributed by atoms with Gasteiger partial charge in [-0.05, 0) is 36.6 Å². The second kappa shape index (κ2) is 6.19. The lowest BCUT2D eigenvalue weighted by Crippen LogP contribution is -2.09. The number of carboxylic acid groups (broad SMARTS) is 1. The summed E-state index contributed by atoms with van der Waals surface area (Å²) in [5.74, 6) is -0.557. The lowest BCUT2D eigenvalue weighted by Gasteiger charge is -2.10. The molecule has 0 aliphatic heterocycles. The van der Waals surface area contributed by atoms with Crippen molar-refractivity contribution in [2.45, 2.75) is 26.8 Å². The standard InChI is InChI=1S/C16H18N2O2/c1-3-12-5-7-13(8-6-12)10-17-15-14(16(19)20)9-4-11(2)18-15/h4-9H,3,10H2,1-2H3,(H,17,18)(H,19,20). The van der Waals surface area contributed by atoms with Gasteiger partial charge < -0.3 is 10.4 Å². The van der Waals surface area contributed by atoms with Gasteiger partial charge in [0.05, 0.1) is 0 Å². The lowest BCUT2D eigenvalue weighted by atomic mass is 10.1. The molecule has 2 aromatic rings. The molecule has 0 saturated carbocycles. The van der Waals surface area contributed by atoms with Crippen LogP contribution >= 0.6 is 0 Å². The minimum absolute atomic E-state index is 0.195. The zero-order valence-electron chi connectivity index (χ0n) is 11.7. The van der Waals surface area contributed by atoms with Gasteiger partial charge in [0.1, 0.15) is 11.4 Å². The molecule has 4 heteroatoms. The van der Waals surface area contributed by atoms with Gasteiger partial charge >= 0.3 is 5.97 Å². The Morgan fingerprint density at radius 2 is 1.80 bits per heavy atom. The van der Waals surface area contributed by atoms with Crippen LogP contribution in [0.5, 0.6) is 0 Å². The minimum atomic E-state index is -0.971. The molecule has 0 unspecified atom stereocenters. The number of anilines is 1. The maximum atomic E-state index is 11.1. The molecule has 1 aromatic carbocycles. The topological polar surface area (TPSA) is 62.2 Å². The maximum Gasteiger partial charge on any atom is 0.339 e. The number of carbonyl (C=O) groups is 1. The number of nitrogens with one attached hydrogen (secondary N) is 1. The van der Waals surface area contributed by atoms with Gasteiger partial charge in [-0.3, -0.25) is 0 Å². The highest BCUT2D eigenvalue weighted by atomic mass is 16.4. The average Bonchev–Trinajstić information content (AvgIpc) is 2.45. The van der Waals surface area contributed by atoms with Crippen molar-refractivity contribution in [3.05, 3.63) is 58.8 Å². The first-order valence-corrected chi connectivity index (χ1v) is 6.62. The third kappa shape index (κ3) is 3.35. The molecule has 0 radical (unpaired) electrons. The number of hydrogen-bond donors (Lipinski definition) is 2. The molecule has 0 bridgehead atoms. The van der Waals surface area contributed by atoms with E-state index in [1.807, 2.05) is 19.1 Å². The lowest BCUT2D eigenvalue weighted by molar-refractivity contribution is 0.0697. The second-order valence-corrected chi connectivity index (χ2v) is 4.68. The van der Waals surface area contributed by atoms with E-state index in [0.29, 0.717) is 12.4 Å². The molecule has 0 aliphatic carbocycles. The van der Waals surface area contributed by atoms with Crippen molar-refractivity contribution < 1.29 is 9.90 Å². The van der Waals surface area contributed by atoms with E-state index in [1.54, 1.807) is 12.1 Å². The minimum Gasteiger partial charge on any atom is -0.478 e. The normalized spacial score (nSPS) is 10.3. The quantitative estimate of drug-likeness (QED) is 0.875. The van der Waals surface area contributed by atoms with Crippen LogP contribution in [0.3, 0.4) is 0 Å². The van der Waals surface area contributed by atoms with Crippen molar-refractivity contribution in [1.82, 2.24) is 4.98 Å². The van der Waals surface area contributed by atoms with E-state index in [4.69, 9.17) is 5.11 Å². The Kier molecular flexibility index (Phi) is 4.35. The molecule has 2 N–H and O–H groups in total. The van der Waals surface area contributed by atoms with Crippen molar-refractivity contribution in [2.75, 3.05) is 5.32 Å². The molecule has 0 atom stereocenters. The van der Waals surface area contributed by atoms with Crippen molar-refractivity contribution in [3.63, 3.8) is 0 Å². The van der Waals surface area contributed by atoms with E-state index in [9.17, 15) is 4.79 Å². The van der Waals surface area contributed by atoms with Gasteiger partial charge in [0.2, 0.25) is 0 Å². The van der Waals surface area contributed by atoms with Gasteiger partial charge in [0, 0.05) is 12.2 Å². The molecule has 4 nitrogen and oxygen atoms in total. The monoisotopic (exact) mass is 270 g/mol. The largest absolute Gasteiger partial charge is 0.478 e. The van der Waals surface area contributed by atoms with E-state index >= 15 is 0 Å². The summed E-state index contributed by atoms with van der Waals surface area (Å²) in [5, 5.41) is 12.2. The highest BCUT2D eigenvalue weighted by Crippen LogP contribution is 2.15.